The molecule has 10 heteroatoms. The van der Waals surface area contributed by atoms with Gasteiger partial charge in [-0.3, -0.25) is 20.2 Å². The van der Waals surface area contributed by atoms with Gasteiger partial charge in [-0.2, -0.15) is 0 Å². The Morgan fingerprint density at radius 3 is 1.48 bits per heavy atom. The minimum atomic E-state index is -1.75. The molecule has 2 aliphatic heterocycles. The number of methoxy groups -OCH3 is 2. The molecule has 0 aromatic heterocycles. The van der Waals surface area contributed by atoms with Gasteiger partial charge in [0.2, 0.25) is 11.8 Å². The van der Waals surface area contributed by atoms with E-state index in [0.29, 0.717) is 22.6 Å². The molecule has 2 fully saturated rings. The number of thiocarbonyl (C=S) groups is 1. The SMILES string of the molecule is COc1ccc(C2NC(=S)NC(c3ccc(OC)cc3)C23C(=O)NC(=O)NC3=O)cc1. The summed E-state index contributed by atoms with van der Waals surface area (Å²) in [6, 6.07) is 11.3. The highest BCUT2D eigenvalue weighted by atomic mass is 32.1. The summed E-state index contributed by atoms with van der Waals surface area (Å²) >= 11 is 5.41. The van der Waals surface area contributed by atoms with E-state index < -0.39 is 35.3 Å². The van der Waals surface area contributed by atoms with Gasteiger partial charge in [0, 0.05) is 0 Å². The predicted octanol–water partition coefficient (Wildman–Crippen LogP) is 1.32. The van der Waals surface area contributed by atoms with Gasteiger partial charge in [-0.05, 0) is 47.6 Å². The fourth-order valence-electron chi connectivity index (χ4n) is 4.06. The molecule has 2 heterocycles. The van der Waals surface area contributed by atoms with E-state index in [1.165, 1.54) is 0 Å². The molecule has 2 aliphatic rings. The molecule has 2 atom stereocenters. The quantitative estimate of drug-likeness (QED) is 0.415. The topological polar surface area (TPSA) is 118 Å². The van der Waals surface area contributed by atoms with Gasteiger partial charge in [-0.15, -0.1) is 0 Å². The van der Waals surface area contributed by atoms with Crippen LogP contribution in [-0.4, -0.2) is 37.2 Å². The number of hydrogen-bond donors (Lipinski definition) is 4. The molecule has 2 aromatic carbocycles. The van der Waals surface area contributed by atoms with E-state index in [2.05, 4.69) is 21.3 Å². The molecule has 4 N–H and O–H groups in total. The summed E-state index contributed by atoms with van der Waals surface area (Å²) in [6.45, 7) is 0. The number of imide groups is 2. The Kier molecular flexibility index (Phi) is 5.24. The summed E-state index contributed by atoms with van der Waals surface area (Å²) in [5.41, 5.74) is -0.495. The van der Waals surface area contributed by atoms with Gasteiger partial charge >= 0.3 is 6.03 Å². The van der Waals surface area contributed by atoms with Crippen molar-refractivity contribution in [3.05, 3.63) is 59.7 Å². The lowest BCUT2D eigenvalue weighted by molar-refractivity contribution is -0.149. The smallest absolute Gasteiger partial charge is 0.328 e. The van der Waals surface area contributed by atoms with Crippen molar-refractivity contribution in [3.63, 3.8) is 0 Å². The summed E-state index contributed by atoms with van der Waals surface area (Å²) in [6.07, 6.45) is 0. The number of barbiturate groups is 1. The van der Waals surface area contributed by atoms with Gasteiger partial charge in [-0.1, -0.05) is 24.3 Å². The largest absolute Gasteiger partial charge is 0.497 e. The summed E-state index contributed by atoms with van der Waals surface area (Å²) in [5, 5.41) is 10.9. The van der Waals surface area contributed by atoms with Crippen LogP contribution in [0.25, 0.3) is 0 Å². The molecule has 0 radical (unpaired) electrons. The second-order valence-electron chi connectivity index (χ2n) is 7.14. The van der Waals surface area contributed by atoms with Crippen molar-refractivity contribution >= 4 is 35.2 Å². The molecule has 2 saturated heterocycles. The third-order valence-electron chi connectivity index (χ3n) is 5.57. The average molecular weight is 440 g/mol. The van der Waals surface area contributed by atoms with Crippen LogP contribution in [-0.2, 0) is 9.59 Å². The lowest BCUT2D eigenvalue weighted by Crippen LogP contribution is -2.73. The molecule has 0 aliphatic carbocycles. The molecule has 0 saturated carbocycles. The number of carbonyl (C=O) groups is 3. The molecule has 9 nitrogen and oxygen atoms in total. The van der Waals surface area contributed by atoms with Gasteiger partial charge in [0.05, 0.1) is 26.3 Å². The van der Waals surface area contributed by atoms with Crippen molar-refractivity contribution in [2.45, 2.75) is 12.1 Å². The number of urea groups is 1. The molecule has 0 bridgehead atoms. The first kappa shape index (κ1) is 20.6. The second kappa shape index (κ2) is 7.88. The van der Waals surface area contributed by atoms with Crippen LogP contribution in [0.1, 0.15) is 23.2 Å². The number of amides is 4. The van der Waals surface area contributed by atoms with E-state index in [1.54, 1.807) is 62.8 Å². The van der Waals surface area contributed by atoms with E-state index in [9.17, 15) is 14.4 Å². The maximum atomic E-state index is 13.3. The number of benzene rings is 2. The highest BCUT2D eigenvalue weighted by Gasteiger charge is 2.63. The van der Waals surface area contributed by atoms with Crippen LogP contribution in [0.3, 0.4) is 0 Å². The highest BCUT2D eigenvalue weighted by Crippen LogP contribution is 2.48. The number of ether oxygens (including phenoxy) is 2. The summed E-state index contributed by atoms with van der Waals surface area (Å²) in [4.78, 5) is 38.6. The molecule has 4 rings (SSSR count). The van der Waals surface area contributed by atoms with Crippen LogP contribution in [0.15, 0.2) is 48.5 Å². The van der Waals surface area contributed by atoms with Crippen molar-refractivity contribution in [2.75, 3.05) is 14.2 Å². The van der Waals surface area contributed by atoms with E-state index in [4.69, 9.17) is 21.7 Å². The van der Waals surface area contributed by atoms with Crippen molar-refractivity contribution in [1.29, 1.82) is 0 Å². The van der Waals surface area contributed by atoms with E-state index >= 15 is 0 Å². The maximum absolute atomic E-state index is 13.3. The number of carbonyl (C=O) groups excluding carboxylic acids is 3. The Hall–Kier alpha value is -3.66. The molecule has 2 aromatic rings. The van der Waals surface area contributed by atoms with Gasteiger partial charge in [0.15, 0.2) is 10.5 Å². The van der Waals surface area contributed by atoms with Crippen LogP contribution in [0.5, 0.6) is 11.5 Å². The molecule has 31 heavy (non-hydrogen) atoms. The van der Waals surface area contributed by atoms with Crippen LogP contribution >= 0.6 is 12.2 Å². The zero-order chi connectivity index (χ0) is 22.2. The van der Waals surface area contributed by atoms with Crippen LogP contribution < -0.4 is 30.7 Å². The van der Waals surface area contributed by atoms with Crippen molar-refractivity contribution in [1.82, 2.24) is 21.3 Å². The lowest BCUT2D eigenvalue weighted by atomic mass is 9.65. The van der Waals surface area contributed by atoms with Crippen LogP contribution in [0.2, 0.25) is 0 Å². The number of rotatable bonds is 4. The minimum absolute atomic E-state index is 0.268. The van der Waals surface area contributed by atoms with Gasteiger partial charge in [0.1, 0.15) is 11.5 Å². The number of nitrogens with one attached hydrogen (secondary N) is 4. The summed E-state index contributed by atoms with van der Waals surface area (Å²) < 4.78 is 10.4. The van der Waals surface area contributed by atoms with Crippen molar-refractivity contribution < 1.29 is 23.9 Å². The van der Waals surface area contributed by atoms with Crippen LogP contribution in [0, 0.1) is 5.41 Å². The average Bonchev–Trinajstić information content (AvgIpc) is 2.77. The highest BCUT2D eigenvalue weighted by molar-refractivity contribution is 7.80. The molecule has 1 spiro atoms. The van der Waals surface area contributed by atoms with Crippen molar-refractivity contribution in [3.8, 4) is 11.5 Å². The van der Waals surface area contributed by atoms with Gasteiger partial charge in [0.25, 0.3) is 0 Å². The summed E-state index contributed by atoms with van der Waals surface area (Å²) in [5.74, 6) is -0.224. The van der Waals surface area contributed by atoms with Gasteiger partial charge < -0.3 is 20.1 Å². The minimum Gasteiger partial charge on any atom is -0.497 e. The third kappa shape index (κ3) is 3.34. The zero-order valence-electron chi connectivity index (χ0n) is 16.7. The molecule has 160 valence electrons. The first-order valence-electron chi connectivity index (χ1n) is 9.42. The third-order valence-corrected chi connectivity index (χ3v) is 5.80. The zero-order valence-corrected chi connectivity index (χ0v) is 17.5. The Morgan fingerprint density at radius 1 is 0.742 bits per heavy atom. The second-order valence-corrected chi connectivity index (χ2v) is 7.54. The Bertz CT molecular complexity index is 973. The fourth-order valence-corrected chi connectivity index (χ4v) is 4.29. The maximum Gasteiger partial charge on any atom is 0.328 e. The van der Waals surface area contributed by atoms with E-state index in [0.717, 1.165) is 0 Å². The van der Waals surface area contributed by atoms with E-state index in [-0.39, 0.29) is 5.11 Å². The Balaban J connectivity index is 1.89. The predicted molar refractivity (Wildman–Crippen MR) is 114 cm³/mol. The number of hydrogen-bond acceptors (Lipinski definition) is 6. The first-order chi connectivity index (χ1) is 14.9. The van der Waals surface area contributed by atoms with Crippen LogP contribution in [0.4, 0.5) is 4.79 Å². The van der Waals surface area contributed by atoms with E-state index in [1.807, 2.05) is 0 Å². The first-order valence-corrected chi connectivity index (χ1v) is 9.82. The monoisotopic (exact) mass is 440 g/mol. The normalized spacial score (nSPS) is 22.1. The molecule has 2 unspecified atom stereocenters. The molecular formula is C21H20N4O5S. The van der Waals surface area contributed by atoms with Crippen molar-refractivity contribution in [2.24, 2.45) is 5.41 Å². The molecule has 4 amide bonds. The Morgan fingerprint density at radius 2 is 1.13 bits per heavy atom. The lowest BCUT2D eigenvalue weighted by Gasteiger charge is -2.49. The van der Waals surface area contributed by atoms with Gasteiger partial charge in [-0.25, -0.2) is 4.79 Å². The standard InChI is InChI=1S/C21H20N4O5S/c1-29-13-7-3-11(4-8-13)15-21(17(26)24-19(28)25-18(21)27)16(23-20(31)22-15)12-5-9-14(30-2)10-6-12/h3-10,15-16H,1-2H3,(H2,22,23,31)(H2,24,25,26,27,28). The molecular weight excluding hydrogens is 420 g/mol. The Labute approximate surface area is 183 Å². The fraction of sp³-hybridized carbons (Fsp3) is 0.238. The summed E-state index contributed by atoms with van der Waals surface area (Å²) in [7, 11) is 3.09.